The molecule has 1 aromatic heterocycles. The third kappa shape index (κ3) is 2.94. The molecule has 0 saturated carbocycles. The van der Waals surface area contributed by atoms with Gasteiger partial charge in [-0.1, -0.05) is 12.1 Å². The highest BCUT2D eigenvalue weighted by atomic mass is 19.1. The lowest BCUT2D eigenvalue weighted by Gasteiger charge is -2.55. The molecule has 2 fully saturated rings. The lowest BCUT2D eigenvalue weighted by atomic mass is 9.66. The van der Waals surface area contributed by atoms with Gasteiger partial charge in [0.25, 0.3) is 0 Å². The lowest BCUT2D eigenvalue weighted by Crippen LogP contribution is -2.75. The fourth-order valence-electron chi connectivity index (χ4n) is 5.65. The number of rotatable bonds is 3. The second-order valence-corrected chi connectivity index (χ2v) is 9.14. The molecule has 4 heterocycles. The largest absolute Gasteiger partial charge is 0.372 e. The molecule has 2 saturated heterocycles. The number of imide groups is 2. The number of halogens is 1. The Morgan fingerprint density at radius 1 is 1.27 bits per heavy atom. The number of aromatic nitrogens is 1. The van der Waals surface area contributed by atoms with Gasteiger partial charge in [0.1, 0.15) is 0 Å². The third-order valence-electron chi connectivity index (χ3n) is 6.87. The van der Waals surface area contributed by atoms with Crippen molar-refractivity contribution < 1.29 is 28.0 Å². The number of urea groups is 1. The Labute approximate surface area is 189 Å². The Morgan fingerprint density at radius 3 is 2.64 bits per heavy atom. The van der Waals surface area contributed by atoms with Crippen LogP contribution in [0.3, 0.4) is 0 Å². The number of amides is 4. The van der Waals surface area contributed by atoms with Crippen LogP contribution in [0.5, 0.6) is 0 Å². The van der Waals surface area contributed by atoms with Gasteiger partial charge in [-0.15, -0.1) is 0 Å². The molecule has 4 amide bonds. The smallest absolute Gasteiger partial charge is 0.328 e. The number of hydrogen-bond donors (Lipinski definition) is 2. The zero-order valence-corrected chi connectivity index (χ0v) is 18.9. The minimum absolute atomic E-state index is 0.0286. The predicted molar refractivity (Wildman–Crippen MR) is 116 cm³/mol. The van der Waals surface area contributed by atoms with E-state index in [2.05, 4.69) is 15.8 Å². The maximum atomic E-state index is 16.0. The fraction of sp³-hybridized carbons (Fsp3) is 0.545. The second kappa shape index (κ2) is 7.41. The SMILES string of the molecule is CCCN(C)c1noc2c(F)c3c(cc12)CC1(C(=O)NC(=O)NC1=O)C1C(C)OC(C)CN31. The van der Waals surface area contributed by atoms with Gasteiger partial charge in [-0.3, -0.25) is 20.2 Å². The lowest BCUT2D eigenvalue weighted by molar-refractivity contribution is -0.153. The molecule has 0 aliphatic carbocycles. The highest BCUT2D eigenvalue weighted by molar-refractivity contribution is 6.20. The van der Waals surface area contributed by atoms with Crippen LogP contribution in [0.1, 0.15) is 32.8 Å². The standard InChI is InChI=1S/C22H26FN5O5/c1-5-6-27(4)18-13-7-12-8-22(19(29)24-21(31)25-20(22)30)17-11(3)32-10(2)9-28(17)15(12)14(23)16(13)33-26-18/h7,10-11,17H,5-6,8-9H2,1-4H3,(H2,24,25,29,30,31). The minimum atomic E-state index is -1.66. The molecule has 2 N–H and O–H groups in total. The molecule has 5 rings (SSSR count). The summed E-state index contributed by atoms with van der Waals surface area (Å²) in [4.78, 5) is 41.9. The van der Waals surface area contributed by atoms with Crippen LogP contribution in [0.15, 0.2) is 10.6 Å². The van der Waals surface area contributed by atoms with E-state index in [4.69, 9.17) is 9.26 Å². The van der Waals surface area contributed by atoms with Gasteiger partial charge in [0, 0.05) is 26.6 Å². The molecule has 3 aliphatic rings. The number of anilines is 2. The summed E-state index contributed by atoms with van der Waals surface area (Å²) in [6.45, 7) is 6.57. The Balaban J connectivity index is 1.74. The molecular formula is C22H26FN5O5. The molecule has 3 aliphatic heterocycles. The molecule has 1 spiro atoms. The van der Waals surface area contributed by atoms with Crippen LogP contribution < -0.4 is 20.4 Å². The molecule has 3 unspecified atom stereocenters. The topological polar surface area (TPSA) is 117 Å². The first-order valence-electron chi connectivity index (χ1n) is 11.1. The summed E-state index contributed by atoms with van der Waals surface area (Å²) >= 11 is 0. The summed E-state index contributed by atoms with van der Waals surface area (Å²) in [5.41, 5.74) is -0.876. The molecular weight excluding hydrogens is 433 g/mol. The van der Waals surface area contributed by atoms with Crippen molar-refractivity contribution in [3.05, 3.63) is 17.4 Å². The van der Waals surface area contributed by atoms with Gasteiger partial charge in [-0.05, 0) is 31.9 Å². The summed E-state index contributed by atoms with van der Waals surface area (Å²) in [7, 11) is 1.84. The van der Waals surface area contributed by atoms with Gasteiger partial charge >= 0.3 is 6.03 Å². The number of ether oxygens (including phenoxy) is 1. The molecule has 3 atom stereocenters. The van der Waals surface area contributed by atoms with Gasteiger partial charge in [0.15, 0.2) is 17.1 Å². The van der Waals surface area contributed by atoms with E-state index in [1.807, 2.05) is 25.8 Å². The van der Waals surface area contributed by atoms with Gasteiger partial charge < -0.3 is 19.1 Å². The average Bonchev–Trinajstić information content (AvgIpc) is 3.15. The van der Waals surface area contributed by atoms with Crippen molar-refractivity contribution in [2.24, 2.45) is 5.41 Å². The number of carbonyl (C=O) groups is 3. The Hall–Kier alpha value is -3.21. The molecule has 0 radical (unpaired) electrons. The van der Waals surface area contributed by atoms with Crippen molar-refractivity contribution in [2.75, 3.05) is 29.9 Å². The predicted octanol–water partition coefficient (Wildman–Crippen LogP) is 1.70. The van der Waals surface area contributed by atoms with Crippen molar-refractivity contribution >= 4 is 40.3 Å². The van der Waals surface area contributed by atoms with Crippen LogP contribution in [0.4, 0.5) is 20.7 Å². The van der Waals surface area contributed by atoms with Crippen molar-refractivity contribution in [3.63, 3.8) is 0 Å². The van der Waals surface area contributed by atoms with E-state index in [9.17, 15) is 14.4 Å². The van der Waals surface area contributed by atoms with E-state index >= 15 is 4.39 Å². The van der Waals surface area contributed by atoms with Gasteiger partial charge in [-0.25, -0.2) is 9.18 Å². The van der Waals surface area contributed by atoms with Gasteiger partial charge in [0.2, 0.25) is 17.4 Å². The van der Waals surface area contributed by atoms with Gasteiger partial charge in [0.05, 0.1) is 29.3 Å². The van der Waals surface area contributed by atoms with Crippen LogP contribution in [-0.2, 0) is 20.7 Å². The molecule has 11 heteroatoms. The van der Waals surface area contributed by atoms with Crippen molar-refractivity contribution in [3.8, 4) is 0 Å². The van der Waals surface area contributed by atoms with E-state index in [1.54, 1.807) is 17.9 Å². The minimum Gasteiger partial charge on any atom is -0.372 e. The molecule has 33 heavy (non-hydrogen) atoms. The van der Waals surface area contributed by atoms with Crippen LogP contribution >= 0.6 is 0 Å². The number of barbiturate groups is 1. The van der Waals surface area contributed by atoms with Crippen molar-refractivity contribution in [1.29, 1.82) is 0 Å². The highest BCUT2D eigenvalue weighted by Crippen LogP contribution is 2.49. The Morgan fingerprint density at radius 2 is 1.97 bits per heavy atom. The maximum absolute atomic E-state index is 16.0. The molecule has 10 nitrogen and oxygen atoms in total. The maximum Gasteiger partial charge on any atom is 0.328 e. The quantitative estimate of drug-likeness (QED) is 0.667. The van der Waals surface area contributed by atoms with E-state index < -0.39 is 41.2 Å². The average molecular weight is 459 g/mol. The van der Waals surface area contributed by atoms with Crippen molar-refractivity contribution in [1.82, 2.24) is 15.8 Å². The highest BCUT2D eigenvalue weighted by Gasteiger charge is 2.63. The number of carbonyl (C=O) groups excluding carboxylic acids is 3. The number of benzene rings is 1. The summed E-state index contributed by atoms with van der Waals surface area (Å²) in [5.74, 6) is -1.52. The summed E-state index contributed by atoms with van der Waals surface area (Å²) in [6, 6.07) is 0.0622. The zero-order valence-electron chi connectivity index (χ0n) is 18.9. The first-order chi connectivity index (χ1) is 15.7. The first kappa shape index (κ1) is 21.6. The van der Waals surface area contributed by atoms with E-state index in [1.165, 1.54) is 0 Å². The van der Waals surface area contributed by atoms with Crippen LogP contribution in [-0.4, -0.2) is 61.4 Å². The fourth-order valence-corrected chi connectivity index (χ4v) is 5.65. The summed E-state index contributed by atoms with van der Waals surface area (Å²) in [6.07, 6.45) is -0.0821. The van der Waals surface area contributed by atoms with Crippen LogP contribution in [0, 0.1) is 11.2 Å². The van der Waals surface area contributed by atoms with Crippen LogP contribution in [0.25, 0.3) is 11.0 Å². The van der Waals surface area contributed by atoms with Crippen LogP contribution in [0.2, 0.25) is 0 Å². The number of nitrogens with zero attached hydrogens (tertiary/aromatic N) is 3. The van der Waals surface area contributed by atoms with E-state index in [0.717, 1.165) is 6.42 Å². The first-order valence-corrected chi connectivity index (χ1v) is 11.1. The van der Waals surface area contributed by atoms with Gasteiger partial charge in [-0.2, -0.15) is 0 Å². The molecule has 1 aromatic carbocycles. The number of nitrogens with one attached hydrogen (secondary N) is 2. The zero-order chi connectivity index (χ0) is 23.7. The third-order valence-corrected chi connectivity index (χ3v) is 6.87. The second-order valence-electron chi connectivity index (χ2n) is 9.14. The van der Waals surface area contributed by atoms with E-state index in [-0.39, 0.29) is 30.3 Å². The molecule has 176 valence electrons. The summed E-state index contributed by atoms with van der Waals surface area (Å²) in [5, 5.41) is 9.03. The number of morpholine rings is 1. The number of fused-ring (bicyclic) bond motifs is 5. The molecule has 2 aromatic rings. The van der Waals surface area contributed by atoms with E-state index in [0.29, 0.717) is 23.3 Å². The normalized spacial score (nSPS) is 26.2. The molecule has 0 bridgehead atoms. The Kier molecular flexibility index (Phi) is 4.85. The summed E-state index contributed by atoms with van der Waals surface area (Å²) < 4.78 is 27.3. The Bertz CT molecular complexity index is 1160. The van der Waals surface area contributed by atoms with Crippen molar-refractivity contribution in [2.45, 2.75) is 51.9 Å². The number of hydrogen-bond acceptors (Lipinski definition) is 8. The monoisotopic (exact) mass is 459 g/mol.